The van der Waals surface area contributed by atoms with Crippen molar-refractivity contribution in [3.8, 4) is 0 Å². The highest BCUT2D eigenvalue weighted by molar-refractivity contribution is 5.80. The van der Waals surface area contributed by atoms with Crippen LogP contribution in [0.25, 0.3) is 0 Å². The van der Waals surface area contributed by atoms with Crippen LogP contribution in [0.1, 0.15) is 5.56 Å². The molecular formula is C18H22F2N6. The number of anilines is 1. The number of aromatic nitrogens is 2. The van der Waals surface area contributed by atoms with E-state index in [0.717, 1.165) is 44.2 Å². The van der Waals surface area contributed by atoms with Gasteiger partial charge in [-0.15, -0.1) is 0 Å². The van der Waals surface area contributed by atoms with Crippen LogP contribution in [0, 0.1) is 11.6 Å². The Balaban J connectivity index is 1.49. The van der Waals surface area contributed by atoms with Gasteiger partial charge in [0, 0.05) is 58.2 Å². The average Bonchev–Trinajstić information content (AvgIpc) is 2.65. The number of piperazine rings is 1. The zero-order valence-corrected chi connectivity index (χ0v) is 14.7. The first kappa shape index (κ1) is 18.0. The largest absolute Gasteiger partial charge is 0.356 e. The average molecular weight is 360 g/mol. The Morgan fingerprint density at radius 3 is 2.35 bits per heavy atom. The van der Waals surface area contributed by atoms with Crippen molar-refractivity contribution in [2.75, 3.05) is 44.7 Å². The number of nitrogens with zero attached hydrogens (tertiary/aromatic N) is 5. The molecule has 138 valence electrons. The first-order chi connectivity index (χ1) is 12.7. The van der Waals surface area contributed by atoms with Crippen LogP contribution in [-0.2, 0) is 6.42 Å². The summed E-state index contributed by atoms with van der Waals surface area (Å²) in [5, 5.41) is 3.26. The van der Waals surface area contributed by atoms with Crippen molar-refractivity contribution in [3.05, 3.63) is 53.9 Å². The molecule has 6 nitrogen and oxygen atoms in total. The third-order valence-corrected chi connectivity index (χ3v) is 4.25. The third-order valence-electron chi connectivity index (χ3n) is 4.25. The van der Waals surface area contributed by atoms with Gasteiger partial charge in [0.2, 0.25) is 5.95 Å². The lowest BCUT2D eigenvalue weighted by atomic mass is 10.1. The summed E-state index contributed by atoms with van der Waals surface area (Å²) >= 11 is 0. The van der Waals surface area contributed by atoms with E-state index in [4.69, 9.17) is 0 Å². The first-order valence-electron chi connectivity index (χ1n) is 8.58. The van der Waals surface area contributed by atoms with Crippen LogP contribution in [-0.4, -0.2) is 60.6 Å². The number of aliphatic imine (C=N–C) groups is 1. The van der Waals surface area contributed by atoms with Crippen molar-refractivity contribution in [2.45, 2.75) is 6.42 Å². The maximum absolute atomic E-state index is 13.2. The molecule has 0 aliphatic carbocycles. The molecule has 8 heteroatoms. The van der Waals surface area contributed by atoms with Gasteiger partial charge in [-0.05, 0) is 30.2 Å². The number of hydrogen-bond donors (Lipinski definition) is 1. The summed E-state index contributed by atoms with van der Waals surface area (Å²) in [4.78, 5) is 17.2. The van der Waals surface area contributed by atoms with Gasteiger partial charge in [-0.1, -0.05) is 0 Å². The monoisotopic (exact) mass is 360 g/mol. The predicted molar refractivity (Wildman–Crippen MR) is 97.2 cm³/mol. The Bertz CT molecular complexity index is 724. The number of halogens is 2. The smallest absolute Gasteiger partial charge is 0.225 e. The molecule has 3 rings (SSSR count). The summed E-state index contributed by atoms with van der Waals surface area (Å²) in [5.74, 6) is 0.422. The number of hydrogen-bond acceptors (Lipinski definition) is 4. The van der Waals surface area contributed by atoms with Crippen molar-refractivity contribution in [3.63, 3.8) is 0 Å². The summed E-state index contributed by atoms with van der Waals surface area (Å²) < 4.78 is 26.5. The molecule has 1 N–H and O–H groups in total. The molecule has 0 bridgehead atoms. The van der Waals surface area contributed by atoms with Gasteiger partial charge in [0.05, 0.1) is 0 Å². The van der Waals surface area contributed by atoms with Crippen LogP contribution in [0.3, 0.4) is 0 Å². The minimum absolute atomic E-state index is 0.519. The van der Waals surface area contributed by atoms with Gasteiger partial charge in [-0.3, -0.25) is 4.99 Å². The Kier molecular flexibility index (Phi) is 5.93. The number of guanidine groups is 1. The van der Waals surface area contributed by atoms with Crippen molar-refractivity contribution >= 4 is 11.9 Å². The Morgan fingerprint density at radius 2 is 1.73 bits per heavy atom. The molecule has 1 aliphatic rings. The van der Waals surface area contributed by atoms with E-state index >= 15 is 0 Å². The first-order valence-corrected chi connectivity index (χ1v) is 8.58. The molecule has 1 aliphatic heterocycles. The fourth-order valence-corrected chi connectivity index (χ4v) is 2.98. The fourth-order valence-electron chi connectivity index (χ4n) is 2.98. The normalized spacial score (nSPS) is 15.3. The van der Waals surface area contributed by atoms with E-state index < -0.39 is 11.6 Å². The van der Waals surface area contributed by atoms with Crippen LogP contribution in [0.2, 0.25) is 0 Å². The lowest BCUT2D eigenvalue weighted by Gasteiger charge is -2.36. The summed E-state index contributed by atoms with van der Waals surface area (Å²) in [6, 6.07) is 5.39. The molecular weight excluding hydrogens is 338 g/mol. The summed E-state index contributed by atoms with van der Waals surface area (Å²) in [5.41, 5.74) is 0.622. The molecule has 0 atom stereocenters. The Hall–Kier alpha value is -2.77. The summed E-state index contributed by atoms with van der Waals surface area (Å²) in [6.45, 7) is 3.76. The van der Waals surface area contributed by atoms with Crippen molar-refractivity contribution in [1.82, 2.24) is 20.2 Å². The molecule has 0 radical (unpaired) electrons. The van der Waals surface area contributed by atoms with Gasteiger partial charge in [-0.25, -0.2) is 18.7 Å². The number of benzene rings is 1. The SMILES string of the molecule is CN=C(NCCc1cc(F)cc(F)c1)N1CCN(c2ncccn2)CC1. The van der Waals surface area contributed by atoms with Gasteiger partial charge in [0.25, 0.3) is 0 Å². The van der Waals surface area contributed by atoms with Crippen molar-refractivity contribution < 1.29 is 8.78 Å². The zero-order chi connectivity index (χ0) is 18.4. The minimum Gasteiger partial charge on any atom is -0.356 e. The Morgan fingerprint density at radius 1 is 1.08 bits per heavy atom. The predicted octanol–water partition coefficient (Wildman–Crippen LogP) is 1.69. The topological polar surface area (TPSA) is 56.7 Å². The van der Waals surface area contributed by atoms with Crippen molar-refractivity contribution in [2.24, 2.45) is 4.99 Å². The zero-order valence-electron chi connectivity index (χ0n) is 14.7. The minimum atomic E-state index is -0.552. The molecule has 2 aromatic rings. The molecule has 0 saturated carbocycles. The van der Waals surface area contributed by atoms with E-state index in [9.17, 15) is 8.78 Å². The molecule has 0 unspecified atom stereocenters. The highest BCUT2D eigenvalue weighted by Gasteiger charge is 2.20. The second-order valence-electron chi connectivity index (χ2n) is 6.02. The van der Waals surface area contributed by atoms with E-state index in [1.165, 1.54) is 12.1 Å². The van der Waals surface area contributed by atoms with Gasteiger partial charge in [0.1, 0.15) is 11.6 Å². The van der Waals surface area contributed by atoms with Crippen LogP contribution in [0.4, 0.5) is 14.7 Å². The molecule has 1 saturated heterocycles. The quantitative estimate of drug-likeness (QED) is 0.664. The molecule has 0 amide bonds. The third kappa shape index (κ3) is 4.65. The number of nitrogens with one attached hydrogen (secondary N) is 1. The maximum Gasteiger partial charge on any atom is 0.225 e. The lowest BCUT2D eigenvalue weighted by molar-refractivity contribution is 0.370. The lowest BCUT2D eigenvalue weighted by Crippen LogP contribution is -2.53. The van der Waals surface area contributed by atoms with Gasteiger partial charge in [0.15, 0.2) is 5.96 Å². The van der Waals surface area contributed by atoms with Crippen LogP contribution in [0.5, 0.6) is 0 Å². The molecule has 2 heterocycles. The standard InChI is InChI=1S/C18H22F2N6/c1-21-17(24-6-3-14-11-15(19)13-16(20)12-14)25-7-9-26(10-8-25)18-22-4-2-5-23-18/h2,4-5,11-13H,3,6-10H2,1H3,(H,21,24). The Labute approximate surface area is 151 Å². The van der Waals surface area contributed by atoms with E-state index in [-0.39, 0.29) is 0 Å². The highest BCUT2D eigenvalue weighted by atomic mass is 19.1. The van der Waals surface area contributed by atoms with Crippen LogP contribution < -0.4 is 10.2 Å². The molecule has 1 aromatic carbocycles. The molecule has 1 fully saturated rings. The van der Waals surface area contributed by atoms with Crippen molar-refractivity contribution in [1.29, 1.82) is 0 Å². The second-order valence-corrected chi connectivity index (χ2v) is 6.02. The summed E-state index contributed by atoms with van der Waals surface area (Å²) in [6.07, 6.45) is 4.00. The van der Waals surface area contributed by atoms with E-state index in [2.05, 4.69) is 30.1 Å². The highest BCUT2D eigenvalue weighted by Crippen LogP contribution is 2.10. The van der Waals surface area contributed by atoms with Gasteiger partial charge >= 0.3 is 0 Å². The molecule has 1 aromatic heterocycles. The number of rotatable bonds is 4. The van der Waals surface area contributed by atoms with Gasteiger partial charge in [-0.2, -0.15) is 0 Å². The van der Waals surface area contributed by atoms with Crippen LogP contribution >= 0.6 is 0 Å². The fraction of sp³-hybridized carbons (Fsp3) is 0.389. The van der Waals surface area contributed by atoms with Gasteiger partial charge < -0.3 is 15.1 Å². The van der Waals surface area contributed by atoms with E-state index in [1.807, 2.05) is 0 Å². The molecule has 0 spiro atoms. The summed E-state index contributed by atoms with van der Waals surface area (Å²) in [7, 11) is 1.73. The maximum atomic E-state index is 13.2. The second kappa shape index (κ2) is 8.55. The van der Waals surface area contributed by atoms with E-state index in [1.54, 1.807) is 25.5 Å². The van der Waals surface area contributed by atoms with Crippen LogP contribution in [0.15, 0.2) is 41.7 Å². The van der Waals surface area contributed by atoms with E-state index in [0.29, 0.717) is 18.5 Å². The molecule has 26 heavy (non-hydrogen) atoms.